The lowest BCUT2D eigenvalue weighted by molar-refractivity contribution is 0.413. The van der Waals surface area contributed by atoms with Crippen molar-refractivity contribution in [3.63, 3.8) is 0 Å². The van der Waals surface area contributed by atoms with Gasteiger partial charge in [0.15, 0.2) is 11.3 Å². The van der Waals surface area contributed by atoms with Gasteiger partial charge in [-0.1, -0.05) is 29.8 Å². The number of pyridine rings is 1. The molecule has 0 bridgehead atoms. The van der Waals surface area contributed by atoms with Gasteiger partial charge in [-0.05, 0) is 35.9 Å². The molecule has 8 heteroatoms. The van der Waals surface area contributed by atoms with Crippen LogP contribution in [0.3, 0.4) is 0 Å². The number of hydrogen-bond acceptors (Lipinski definition) is 4. The van der Waals surface area contributed by atoms with Gasteiger partial charge in [0.05, 0.1) is 18.2 Å². The largest absolute Gasteiger partial charge is 0.504 e. The predicted octanol–water partition coefficient (Wildman–Crippen LogP) is 4.36. The summed E-state index contributed by atoms with van der Waals surface area (Å²) >= 11 is 6.32. The van der Waals surface area contributed by atoms with Crippen LogP contribution in [0, 0.1) is 17.1 Å². The fraction of sp³-hybridized carbons (Fsp3) is 0.0476. The van der Waals surface area contributed by atoms with Crippen LogP contribution in [0.15, 0.2) is 53.3 Å². The van der Waals surface area contributed by atoms with E-state index in [-0.39, 0.29) is 16.2 Å². The number of aromatic nitrogens is 2. The Hall–Kier alpha value is -3.76. The van der Waals surface area contributed by atoms with Gasteiger partial charge in [-0.3, -0.25) is 9.36 Å². The number of H-pyrrole nitrogens is 1. The smallest absolute Gasteiger partial charge is 0.270 e. The summed E-state index contributed by atoms with van der Waals surface area (Å²) in [4.78, 5) is 14.4. The molecule has 2 heterocycles. The fourth-order valence-electron chi connectivity index (χ4n) is 3.31. The number of rotatable bonds is 3. The molecule has 2 aromatic heterocycles. The van der Waals surface area contributed by atoms with E-state index < -0.39 is 22.7 Å². The number of nitrogens with zero attached hydrogens (tertiary/aromatic N) is 2. The van der Waals surface area contributed by atoms with Crippen molar-refractivity contribution in [3.8, 4) is 34.4 Å². The first-order valence-corrected chi connectivity index (χ1v) is 8.83. The molecule has 144 valence electrons. The molecule has 0 unspecified atom stereocenters. The number of aromatic hydroxyl groups is 1. The topological polar surface area (TPSA) is 91.0 Å². The van der Waals surface area contributed by atoms with Gasteiger partial charge in [-0.25, -0.2) is 4.39 Å². The second kappa shape index (κ2) is 7.00. The molecule has 0 aliphatic heterocycles. The summed E-state index contributed by atoms with van der Waals surface area (Å²) in [5.74, 6) is -0.482. The normalized spacial score (nSPS) is 10.8. The van der Waals surface area contributed by atoms with Gasteiger partial charge in [0, 0.05) is 5.69 Å². The highest BCUT2D eigenvalue weighted by molar-refractivity contribution is 6.31. The second-order valence-corrected chi connectivity index (χ2v) is 6.61. The first-order chi connectivity index (χ1) is 14.0. The minimum absolute atomic E-state index is 0.197. The zero-order chi connectivity index (χ0) is 20.7. The number of aromatic amines is 1. The van der Waals surface area contributed by atoms with Gasteiger partial charge < -0.3 is 14.8 Å². The molecule has 4 aromatic rings. The Morgan fingerprint density at radius 3 is 2.62 bits per heavy atom. The van der Waals surface area contributed by atoms with E-state index in [1.165, 1.54) is 23.8 Å². The Bertz CT molecular complexity index is 1350. The van der Waals surface area contributed by atoms with E-state index in [2.05, 4.69) is 4.98 Å². The van der Waals surface area contributed by atoms with Gasteiger partial charge in [0.1, 0.15) is 28.3 Å². The number of nitrogens with one attached hydrogen (secondary N) is 1. The SMILES string of the molecule is COc1cccc(F)c1-c1ccc(-n2c(Cl)cc3[nH]c(=O)c(C#N)c(O)c32)cc1. The Morgan fingerprint density at radius 1 is 1.24 bits per heavy atom. The summed E-state index contributed by atoms with van der Waals surface area (Å²) in [6.07, 6.45) is 0. The lowest BCUT2D eigenvalue weighted by Gasteiger charge is -2.12. The maximum atomic E-state index is 14.3. The van der Waals surface area contributed by atoms with Gasteiger partial charge in [0.2, 0.25) is 0 Å². The number of fused-ring (bicyclic) bond motifs is 1. The van der Waals surface area contributed by atoms with E-state index in [1.807, 2.05) is 0 Å². The number of halogens is 2. The molecule has 0 spiro atoms. The quantitative estimate of drug-likeness (QED) is 0.525. The monoisotopic (exact) mass is 409 g/mol. The molecule has 0 atom stereocenters. The summed E-state index contributed by atoms with van der Waals surface area (Å²) < 4.78 is 21.1. The first kappa shape index (κ1) is 18.6. The fourth-order valence-corrected chi connectivity index (χ4v) is 3.60. The molecule has 0 saturated carbocycles. The van der Waals surface area contributed by atoms with Crippen LogP contribution in [0.25, 0.3) is 27.8 Å². The number of nitriles is 1. The zero-order valence-electron chi connectivity index (χ0n) is 15.0. The summed E-state index contributed by atoms with van der Waals surface area (Å²) in [5.41, 5.74) is 0.846. The average molecular weight is 410 g/mol. The second-order valence-electron chi connectivity index (χ2n) is 6.22. The summed E-state index contributed by atoms with van der Waals surface area (Å²) in [5, 5.41) is 19.8. The molecule has 29 heavy (non-hydrogen) atoms. The van der Waals surface area contributed by atoms with Crippen molar-refractivity contribution < 1.29 is 14.2 Å². The Labute approximate surface area is 169 Å². The average Bonchev–Trinajstić information content (AvgIpc) is 3.04. The van der Waals surface area contributed by atoms with Crippen LogP contribution in [0.5, 0.6) is 11.5 Å². The minimum atomic E-state index is -0.701. The molecule has 6 nitrogen and oxygen atoms in total. The van der Waals surface area contributed by atoms with Crippen molar-refractivity contribution in [3.05, 3.63) is 75.4 Å². The molecule has 0 aliphatic carbocycles. The zero-order valence-corrected chi connectivity index (χ0v) is 15.8. The van der Waals surface area contributed by atoms with E-state index in [4.69, 9.17) is 21.6 Å². The van der Waals surface area contributed by atoms with Crippen LogP contribution in [-0.2, 0) is 0 Å². The van der Waals surface area contributed by atoms with Crippen molar-refractivity contribution >= 4 is 22.6 Å². The van der Waals surface area contributed by atoms with Crippen LogP contribution in [0.4, 0.5) is 4.39 Å². The summed E-state index contributed by atoms with van der Waals surface area (Å²) in [7, 11) is 1.47. The van der Waals surface area contributed by atoms with E-state index in [0.717, 1.165) is 0 Å². The summed E-state index contributed by atoms with van der Waals surface area (Å²) in [6, 6.07) is 14.5. The molecule has 2 aromatic carbocycles. The molecule has 0 fully saturated rings. The third-order valence-electron chi connectivity index (χ3n) is 4.61. The maximum absolute atomic E-state index is 14.3. The highest BCUT2D eigenvalue weighted by Gasteiger charge is 2.19. The van der Waals surface area contributed by atoms with E-state index >= 15 is 0 Å². The number of hydrogen-bond donors (Lipinski definition) is 2. The number of benzene rings is 2. The van der Waals surface area contributed by atoms with Crippen LogP contribution >= 0.6 is 11.6 Å². The Morgan fingerprint density at radius 2 is 1.97 bits per heavy atom. The molecule has 0 radical (unpaired) electrons. The highest BCUT2D eigenvalue weighted by Crippen LogP contribution is 2.36. The van der Waals surface area contributed by atoms with Gasteiger partial charge in [0.25, 0.3) is 5.56 Å². The lowest BCUT2D eigenvalue weighted by Crippen LogP contribution is -2.10. The van der Waals surface area contributed by atoms with Crippen molar-refractivity contribution in [2.24, 2.45) is 0 Å². The van der Waals surface area contributed by atoms with E-state index in [9.17, 15) is 14.3 Å². The molecule has 2 N–H and O–H groups in total. The van der Waals surface area contributed by atoms with Crippen molar-refractivity contribution in [1.29, 1.82) is 5.26 Å². The maximum Gasteiger partial charge on any atom is 0.270 e. The third-order valence-corrected chi connectivity index (χ3v) is 4.89. The minimum Gasteiger partial charge on any atom is -0.504 e. The van der Waals surface area contributed by atoms with E-state index in [1.54, 1.807) is 42.5 Å². The number of ether oxygens (including phenoxy) is 1. The molecule has 0 amide bonds. The molecular formula is C21H13ClFN3O3. The first-order valence-electron chi connectivity index (χ1n) is 8.46. The van der Waals surface area contributed by atoms with Gasteiger partial charge in [-0.15, -0.1) is 0 Å². The standard InChI is InChI=1S/C21H13ClFN3O3/c1-29-16-4-2-3-14(23)18(16)11-5-7-12(8-6-11)26-17(22)9-15-19(26)20(27)13(10-24)21(28)25-15/h2-9H,1H3,(H2,25,27,28). The third kappa shape index (κ3) is 2.91. The molecule has 0 saturated heterocycles. The number of methoxy groups -OCH3 is 1. The summed E-state index contributed by atoms with van der Waals surface area (Å²) in [6.45, 7) is 0. The van der Waals surface area contributed by atoms with Crippen molar-refractivity contribution in [1.82, 2.24) is 9.55 Å². The molecular weight excluding hydrogens is 397 g/mol. The van der Waals surface area contributed by atoms with Gasteiger partial charge >= 0.3 is 0 Å². The van der Waals surface area contributed by atoms with Crippen LogP contribution in [0.1, 0.15) is 5.56 Å². The van der Waals surface area contributed by atoms with Crippen LogP contribution < -0.4 is 10.3 Å². The molecule has 0 aliphatic rings. The van der Waals surface area contributed by atoms with E-state index in [0.29, 0.717) is 22.6 Å². The predicted molar refractivity (Wildman–Crippen MR) is 107 cm³/mol. The molecule has 4 rings (SSSR count). The van der Waals surface area contributed by atoms with Gasteiger partial charge in [-0.2, -0.15) is 5.26 Å². The van der Waals surface area contributed by atoms with Crippen LogP contribution in [-0.4, -0.2) is 21.8 Å². The van der Waals surface area contributed by atoms with Crippen LogP contribution in [0.2, 0.25) is 5.15 Å². The lowest BCUT2D eigenvalue weighted by atomic mass is 10.0. The Balaban J connectivity index is 1.90. The van der Waals surface area contributed by atoms with Crippen molar-refractivity contribution in [2.45, 2.75) is 0 Å². The highest BCUT2D eigenvalue weighted by atomic mass is 35.5. The Kier molecular flexibility index (Phi) is 4.49. The van der Waals surface area contributed by atoms with Crippen molar-refractivity contribution in [2.75, 3.05) is 7.11 Å².